The monoisotopic (exact) mass is 226 g/mol. The number of hydrogen-bond donors (Lipinski definition) is 1. The summed E-state index contributed by atoms with van der Waals surface area (Å²) in [7, 11) is 3.57. The van der Waals surface area contributed by atoms with Crippen LogP contribution in [0.4, 0.5) is 0 Å². The molecule has 1 unspecified atom stereocenters. The van der Waals surface area contributed by atoms with Crippen molar-refractivity contribution in [1.29, 1.82) is 0 Å². The Hall–Kier alpha value is -0.870. The van der Waals surface area contributed by atoms with Crippen LogP contribution in [-0.2, 0) is 18.2 Å². The lowest BCUT2D eigenvalue weighted by molar-refractivity contribution is -0.0194. The lowest BCUT2D eigenvalue weighted by Crippen LogP contribution is -2.30. The summed E-state index contributed by atoms with van der Waals surface area (Å²) in [4.78, 5) is 0. The van der Waals surface area contributed by atoms with Crippen molar-refractivity contribution in [2.75, 3.05) is 7.11 Å². The van der Waals surface area contributed by atoms with Crippen molar-refractivity contribution in [3.63, 3.8) is 0 Å². The standard InChI is InChI=1S/C12H22N2O2/c1-9-6-10(14(4)13-9)7-11(15)8-12(2,3)16-5/h6,11,15H,7-8H2,1-5H3. The van der Waals surface area contributed by atoms with Gasteiger partial charge in [0.15, 0.2) is 0 Å². The van der Waals surface area contributed by atoms with Crippen molar-refractivity contribution >= 4 is 0 Å². The minimum atomic E-state index is -0.398. The predicted molar refractivity (Wildman–Crippen MR) is 63.4 cm³/mol. The number of hydrogen-bond acceptors (Lipinski definition) is 3. The molecular weight excluding hydrogens is 204 g/mol. The molecule has 0 radical (unpaired) electrons. The first-order valence-electron chi connectivity index (χ1n) is 5.57. The first-order valence-corrected chi connectivity index (χ1v) is 5.57. The second kappa shape index (κ2) is 4.97. The Morgan fingerprint density at radius 3 is 2.62 bits per heavy atom. The molecule has 0 aliphatic rings. The van der Waals surface area contributed by atoms with Gasteiger partial charge in [-0.05, 0) is 26.8 Å². The fourth-order valence-electron chi connectivity index (χ4n) is 1.82. The van der Waals surface area contributed by atoms with Crippen LogP contribution in [0.5, 0.6) is 0 Å². The fraction of sp³-hybridized carbons (Fsp3) is 0.750. The van der Waals surface area contributed by atoms with Gasteiger partial charge >= 0.3 is 0 Å². The third kappa shape index (κ3) is 3.61. The largest absolute Gasteiger partial charge is 0.393 e. The number of nitrogens with zero attached hydrogens (tertiary/aromatic N) is 2. The normalized spacial score (nSPS) is 14.1. The van der Waals surface area contributed by atoms with Crippen molar-refractivity contribution in [1.82, 2.24) is 9.78 Å². The summed E-state index contributed by atoms with van der Waals surface area (Å²) in [6.07, 6.45) is 0.836. The van der Waals surface area contributed by atoms with Crippen molar-refractivity contribution < 1.29 is 9.84 Å². The summed E-state index contributed by atoms with van der Waals surface area (Å²) >= 11 is 0. The Morgan fingerprint density at radius 2 is 2.19 bits per heavy atom. The van der Waals surface area contributed by atoms with Gasteiger partial charge in [-0.3, -0.25) is 4.68 Å². The van der Waals surface area contributed by atoms with E-state index in [9.17, 15) is 5.11 Å². The molecular formula is C12H22N2O2. The summed E-state index contributed by atoms with van der Waals surface area (Å²) < 4.78 is 7.12. The molecule has 0 aliphatic heterocycles. The van der Waals surface area contributed by atoms with Gasteiger partial charge in [-0.1, -0.05) is 0 Å². The molecule has 0 amide bonds. The summed E-state index contributed by atoms with van der Waals surface area (Å²) in [6, 6.07) is 2.00. The predicted octanol–water partition coefficient (Wildman–Crippen LogP) is 1.45. The van der Waals surface area contributed by atoms with Gasteiger partial charge < -0.3 is 9.84 Å². The van der Waals surface area contributed by atoms with Gasteiger partial charge in [0.2, 0.25) is 0 Å². The first kappa shape index (κ1) is 13.2. The van der Waals surface area contributed by atoms with E-state index >= 15 is 0 Å². The molecule has 1 heterocycles. The number of ether oxygens (including phenoxy) is 1. The summed E-state index contributed by atoms with van der Waals surface area (Å²) in [5, 5.41) is 14.2. The quantitative estimate of drug-likeness (QED) is 0.826. The highest BCUT2D eigenvalue weighted by atomic mass is 16.5. The molecule has 0 fully saturated rings. The molecule has 1 atom stereocenters. The van der Waals surface area contributed by atoms with Crippen molar-refractivity contribution in [3.8, 4) is 0 Å². The van der Waals surface area contributed by atoms with Crippen molar-refractivity contribution in [2.45, 2.75) is 45.3 Å². The molecule has 1 aromatic rings. The molecule has 1 aromatic heterocycles. The molecule has 0 aliphatic carbocycles. The fourth-order valence-corrected chi connectivity index (χ4v) is 1.82. The van der Waals surface area contributed by atoms with Crippen molar-refractivity contribution in [2.24, 2.45) is 7.05 Å². The number of aryl methyl sites for hydroxylation is 2. The zero-order chi connectivity index (χ0) is 12.3. The molecule has 1 N–H and O–H groups in total. The van der Waals surface area contributed by atoms with E-state index in [1.807, 2.05) is 38.6 Å². The average Bonchev–Trinajstić information content (AvgIpc) is 2.44. The van der Waals surface area contributed by atoms with Gasteiger partial charge in [0.25, 0.3) is 0 Å². The molecule has 0 spiro atoms. The van der Waals surface area contributed by atoms with Crippen molar-refractivity contribution in [3.05, 3.63) is 17.5 Å². The van der Waals surface area contributed by atoms with Crippen LogP contribution in [0.15, 0.2) is 6.07 Å². The Kier molecular flexibility index (Phi) is 4.10. The average molecular weight is 226 g/mol. The maximum atomic E-state index is 9.98. The zero-order valence-electron chi connectivity index (χ0n) is 10.8. The topological polar surface area (TPSA) is 47.3 Å². The van der Waals surface area contributed by atoms with Gasteiger partial charge in [0.05, 0.1) is 17.4 Å². The van der Waals surface area contributed by atoms with E-state index in [4.69, 9.17) is 4.74 Å². The molecule has 0 aromatic carbocycles. The van der Waals surface area contributed by atoms with E-state index in [1.54, 1.807) is 7.11 Å². The zero-order valence-corrected chi connectivity index (χ0v) is 10.8. The Labute approximate surface area is 97.2 Å². The minimum absolute atomic E-state index is 0.285. The Morgan fingerprint density at radius 1 is 1.56 bits per heavy atom. The molecule has 1 rings (SSSR count). The van der Waals surface area contributed by atoms with E-state index in [0.29, 0.717) is 12.8 Å². The number of methoxy groups -OCH3 is 1. The van der Waals surface area contributed by atoms with Crippen LogP contribution in [0.2, 0.25) is 0 Å². The minimum Gasteiger partial charge on any atom is -0.393 e. The molecule has 0 saturated heterocycles. The van der Waals surface area contributed by atoms with E-state index < -0.39 is 6.10 Å². The molecule has 4 heteroatoms. The highest BCUT2D eigenvalue weighted by molar-refractivity contribution is 5.09. The summed E-state index contributed by atoms with van der Waals surface area (Å²) in [5.41, 5.74) is 1.75. The summed E-state index contributed by atoms with van der Waals surface area (Å²) in [6.45, 7) is 5.91. The third-order valence-electron chi connectivity index (χ3n) is 2.82. The smallest absolute Gasteiger partial charge is 0.0647 e. The molecule has 0 saturated carbocycles. The van der Waals surface area contributed by atoms with Crippen LogP contribution in [0, 0.1) is 6.92 Å². The maximum Gasteiger partial charge on any atom is 0.0647 e. The van der Waals surface area contributed by atoms with Crippen LogP contribution in [0.1, 0.15) is 31.7 Å². The highest BCUT2D eigenvalue weighted by Crippen LogP contribution is 2.18. The molecule has 4 nitrogen and oxygen atoms in total. The van der Waals surface area contributed by atoms with E-state index in [1.165, 1.54) is 0 Å². The molecule has 92 valence electrons. The second-order valence-electron chi connectivity index (χ2n) is 4.93. The van der Waals surface area contributed by atoms with E-state index in [-0.39, 0.29) is 5.60 Å². The van der Waals surface area contributed by atoms with Crippen LogP contribution in [0.3, 0.4) is 0 Å². The SMILES string of the molecule is COC(C)(C)CC(O)Cc1cc(C)nn1C. The Bertz CT molecular complexity index is 345. The highest BCUT2D eigenvalue weighted by Gasteiger charge is 2.22. The van der Waals surface area contributed by atoms with E-state index in [2.05, 4.69) is 5.10 Å². The Balaban J connectivity index is 2.58. The van der Waals surface area contributed by atoms with Crippen LogP contribution >= 0.6 is 0 Å². The van der Waals surface area contributed by atoms with Gasteiger partial charge in [0.1, 0.15) is 0 Å². The van der Waals surface area contributed by atoms with Gasteiger partial charge in [-0.2, -0.15) is 5.10 Å². The first-order chi connectivity index (χ1) is 7.34. The number of aliphatic hydroxyl groups is 1. The molecule has 16 heavy (non-hydrogen) atoms. The van der Waals surface area contributed by atoms with Crippen LogP contribution < -0.4 is 0 Å². The molecule has 0 bridgehead atoms. The third-order valence-corrected chi connectivity index (χ3v) is 2.82. The number of rotatable bonds is 5. The van der Waals surface area contributed by atoms with E-state index in [0.717, 1.165) is 11.4 Å². The lowest BCUT2D eigenvalue weighted by atomic mass is 9.98. The second-order valence-corrected chi connectivity index (χ2v) is 4.93. The van der Waals surface area contributed by atoms with Gasteiger partial charge in [-0.15, -0.1) is 0 Å². The lowest BCUT2D eigenvalue weighted by Gasteiger charge is -2.25. The number of aliphatic hydroxyl groups excluding tert-OH is 1. The number of aromatic nitrogens is 2. The van der Waals surface area contributed by atoms with Crippen LogP contribution in [-0.4, -0.2) is 33.7 Å². The summed E-state index contributed by atoms with van der Waals surface area (Å²) in [5.74, 6) is 0. The van der Waals surface area contributed by atoms with Crippen LogP contribution in [0.25, 0.3) is 0 Å². The van der Waals surface area contributed by atoms with Gasteiger partial charge in [0, 0.05) is 32.7 Å². The van der Waals surface area contributed by atoms with Gasteiger partial charge in [-0.25, -0.2) is 0 Å². The maximum absolute atomic E-state index is 9.98.